The molecule has 0 heterocycles. The van der Waals surface area contributed by atoms with Crippen molar-refractivity contribution < 1.29 is 4.79 Å². The van der Waals surface area contributed by atoms with Crippen molar-refractivity contribution in [2.75, 3.05) is 0 Å². The molecule has 1 saturated carbocycles. The molecule has 1 rings (SSSR count). The predicted octanol–water partition coefficient (Wildman–Crippen LogP) is 1.09. The molecule has 58 valence electrons. The number of carbonyl (C=O) groups is 1. The normalized spacial score (nSPS) is 34.4. The number of carbonyl (C=O) groups excluding carboxylic acids is 1. The third-order valence-corrected chi connectivity index (χ3v) is 2.39. The number of Topliss-reactive ketones (excluding diaryl/α,β-unsaturated/α-hetero) is 1. The Morgan fingerprint density at radius 3 is 2.90 bits per heavy atom. The maximum absolute atomic E-state index is 10.9. The monoisotopic (exact) mass is 141 g/mol. The first-order valence-electron chi connectivity index (χ1n) is 4.01. The Bertz CT molecular complexity index is 133. The molecule has 2 N–H and O–H groups in total. The van der Waals surface area contributed by atoms with Crippen LogP contribution in [0.4, 0.5) is 0 Å². The van der Waals surface area contributed by atoms with Crippen LogP contribution in [0.2, 0.25) is 0 Å². The molecule has 0 aromatic carbocycles. The predicted molar refractivity (Wildman–Crippen MR) is 40.6 cm³/mol. The van der Waals surface area contributed by atoms with Gasteiger partial charge in [-0.3, -0.25) is 4.79 Å². The van der Waals surface area contributed by atoms with Gasteiger partial charge in [-0.05, 0) is 12.3 Å². The molecular formula is C8H15NO. The van der Waals surface area contributed by atoms with Crippen LogP contribution in [0.25, 0.3) is 0 Å². The summed E-state index contributed by atoms with van der Waals surface area (Å²) in [5, 5.41) is 0. The Kier molecular flexibility index (Phi) is 2.44. The molecule has 0 spiro atoms. The van der Waals surface area contributed by atoms with E-state index in [0.717, 1.165) is 19.3 Å². The van der Waals surface area contributed by atoms with E-state index in [2.05, 4.69) is 6.92 Å². The molecule has 1 fully saturated rings. The number of hydrogen-bond donors (Lipinski definition) is 1. The lowest BCUT2D eigenvalue weighted by Crippen LogP contribution is -2.36. The smallest absolute Gasteiger partial charge is 0.134 e. The quantitative estimate of drug-likeness (QED) is 0.594. The van der Waals surface area contributed by atoms with Gasteiger partial charge >= 0.3 is 0 Å². The first-order chi connectivity index (χ1) is 4.74. The van der Waals surface area contributed by atoms with Crippen LogP contribution in [0, 0.1) is 5.92 Å². The lowest BCUT2D eigenvalue weighted by molar-refractivity contribution is -0.121. The summed E-state index contributed by atoms with van der Waals surface area (Å²) in [6.07, 6.45) is 3.50. The zero-order valence-electron chi connectivity index (χ0n) is 6.47. The Morgan fingerprint density at radius 2 is 2.40 bits per heavy atom. The van der Waals surface area contributed by atoms with Gasteiger partial charge in [0.2, 0.25) is 0 Å². The molecule has 0 saturated heterocycles. The van der Waals surface area contributed by atoms with Crippen LogP contribution in [-0.2, 0) is 4.79 Å². The molecule has 1 aliphatic carbocycles. The summed E-state index contributed by atoms with van der Waals surface area (Å²) in [6, 6.07) is 0.145. The van der Waals surface area contributed by atoms with E-state index >= 15 is 0 Å². The minimum atomic E-state index is 0.145. The molecule has 0 amide bonds. The summed E-state index contributed by atoms with van der Waals surface area (Å²) in [4.78, 5) is 10.9. The van der Waals surface area contributed by atoms with Crippen molar-refractivity contribution in [2.45, 2.75) is 38.6 Å². The second kappa shape index (κ2) is 3.15. The van der Waals surface area contributed by atoms with Gasteiger partial charge in [0.1, 0.15) is 5.78 Å². The van der Waals surface area contributed by atoms with Crippen molar-refractivity contribution in [2.24, 2.45) is 11.7 Å². The lowest BCUT2D eigenvalue weighted by Gasteiger charge is -2.26. The maximum atomic E-state index is 10.9. The van der Waals surface area contributed by atoms with E-state index in [-0.39, 0.29) is 6.04 Å². The molecule has 0 aliphatic heterocycles. The van der Waals surface area contributed by atoms with Crippen LogP contribution >= 0.6 is 0 Å². The fourth-order valence-corrected chi connectivity index (χ4v) is 1.60. The molecule has 0 aromatic heterocycles. The van der Waals surface area contributed by atoms with E-state index in [0.29, 0.717) is 18.1 Å². The summed E-state index contributed by atoms with van der Waals surface area (Å²) < 4.78 is 0. The Hall–Kier alpha value is -0.370. The summed E-state index contributed by atoms with van der Waals surface area (Å²) in [5.74, 6) is 0.940. The van der Waals surface area contributed by atoms with Crippen molar-refractivity contribution in [3.05, 3.63) is 0 Å². The summed E-state index contributed by atoms with van der Waals surface area (Å²) >= 11 is 0. The third-order valence-electron chi connectivity index (χ3n) is 2.39. The molecule has 2 unspecified atom stereocenters. The van der Waals surface area contributed by atoms with Crippen molar-refractivity contribution in [1.82, 2.24) is 0 Å². The van der Waals surface area contributed by atoms with Crippen molar-refractivity contribution >= 4 is 5.78 Å². The SMILES string of the molecule is CCC1CCC(=O)CC1N. The largest absolute Gasteiger partial charge is 0.327 e. The molecule has 0 aromatic rings. The first-order valence-corrected chi connectivity index (χ1v) is 4.01. The van der Waals surface area contributed by atoms with Gasteiger partial charge in [0.15, 0.2) is 0 Å². The molecule has 2 atom stereocenters. The van der Waals surface area contributed by atoms with E-state index in [9.17, 15) is 4.79 Å². The van der Waals surface area contributed by atoms with Gasteiger partial charge in [0.25, 0.3) is 0 Å². The van der Waals surface area contributed by atoms with Crippen LogP contribution in [0.3, 0.4) is 0 Å². The van der Waals surface area contributed by atoms with E-state index in [4.69, 9.17) is 5.73 Å². The number of ketones is 1. The summed E-state index contributed by atoms with van der Waals surface area (Å²) in [6.45, 7) is 2.14. The number of nitrogens with two attached hydrogens (primary N) is 1. The average molecular weight is 141 g/mol. The van der Waals surface area contributed by atoms with Crippen molar-refractivity contribution in [3.63, 3.8) is 0 Å². The Labute approximate surface area is 61.8 Å². The fourth-order valence-electron chi connectivity index (χ4n) is 1.60. The highest BCUT2D eigenvalue weighted by Crippen LogP contribution is 2.22. The second-order valence-corrected chi connectivity index (χ2v) is 3.11. The van der Waals surface area contributed by atoms with Crippen molar-refractivity contribution in [3.8, 4) is 0 Å². The number of hydrogen-bond acceptors (Lipinski definition) is 2. The molecule has 2 nitrogen and oxygen atoms in total. The minimum Gasteiger partial charge on any atom is -0.327 e. The topological polar surface area (TPSA) is 43.1 Å². The van der Waals surface area contributed by atoms with Crippen LogP contribution in [0.1, 0.15) is 32.6 Å². The van der Waals surface area contributed by atoms with Crippen LogP contribution < -0.4 is 5.73 Å². The Morgan fingerprint density at radius 1 is 1.70 bits per heavy atom. The summed E-state index contributed by atoms with van der Waals surface area (Å²) in [7, 11) is 0. The van der Waals surface area contributed by atoms with Gasteiger partial charge < -0.3 is 5.73 Å². The maximum Gasteiger partial charge on any atom is 0.134 e. The molecule has 2 heteroatoms. The van der Waals surface area contributed by atoms with Crippen LogP contribution in [0.5, 0.6) is 0 Å². The van der Waals surface area contributed by atoms with Crippen LogP contribution in [0.15, 0.2) is 0 Å². The highest BCUT2D eigenvalue weighted by atomic mass is 16.1. The molecular weight excluding hydrogens is 126 g/mol. The highest BCUT2D eigenvalue weighted by molar-refractivity contribution is 5.79. The molecule has 10 heavy (non-hydrogen) atoms. The summed E-state index contributed by atoms with van der Waals surface area (Å²) in [5.41, 5.74) is 5.76. The first kappa shape index (κ1) is 7.73. The second-order valence-electron chi connectivity index (χ2n) is 3.11. The average Bonchev–Trinajstić information content (AvgIpc) is 1.88. The Balaban J connectivity index is 2.43. The standard InChI is InChI=1S/C8H15NO/c1-2-6-3-4-7(10)5-8(6)9/h6,8H,2-5,9H2,1H3. The van der Waals surface area contributed by atoms with Crippen molar-refractivity contribution in [1.29, 1.82) is 0 Å². The lowest BCUT2D eigenvalue weighted by atomic mass is 9.83. The molecule has 1 aliphatic rings. The van der Waals surface area contributed by atoms with Gasteiger partial charge in [-0.15, -0.1) is 0 Å². The van der Waals surface area contributed by atoms with E-state index in [1.54, 1.807) is 0 Å². The van der Waals surface area contributed by atoms with Gasteiger partial charge in [-0.25, -0.2) is 0 Å². The van der Waals surface area contributed by atoms with Gasteiger partial charge in [0.05, 0.1) is 0 Å². The van der Waals surface area contributed by atoms with E-state index in [1.807, 2.05) is 0 Å². The van der Waals surface area contributed by atoms with Gasteiger partial charge in [0, 0.05) is 18.9 Å². The van der Waals surface area contributed by atoms with Crippen LogP contribution in [-0.4, -0.2) is 11.8 Å². The van der Waals surface area contributed by atoms with Gasteiger partial charge in [-0.1, -0.05) is 13.3 Å². The zero-order chi connectivity index (χ0) is 7.56. The van der Waals surface area contributed by atoms with E-state index in [1.165, 1.54) is 0 Å². The zero-order valence-corrected chi connectivity index (χ0v) is 6.47. The fraction of sp³-hybridized carbons (Fsp3) is 0.875. The molecule has 0 bridgehead atoms. The molecule has 0 radical (unpaired) electrons. The van der Waals surface area contributed by atoms with E-state index < -0.39 is 0 Å². The minimum absolute atomic E-state index is 0.145. The highest BCUT2D eigenvalue weighted by Gasteiger charge is 2.24. The van der Waals surface area contributed by atoms with Gasteiger partial charge in [-0.2, -0.15) is 0 Å². The third kappa shape index (κ3) is 1.57. The number of rotatable bonds is 1.